The zero-order valence-electron chi connectivity index (χ0n) is 21.6. The van der Waals surface area contributed by atoms with Gasteiger partial charge in [0.25, 0.3) is 0 Å². The Morgan fingerprint density at radius 1 is 1.24 bits per heavy atom. The molecule has 2 unspecified atom stereocenters. The highest BCUT2D eigenvalue weighted by Gasteiger charge is 2.58. The van der Waals surface area contributed by atoms with Crippen LogP contribution in [-0.4, -0.2) is 63.7 Å². The van der Waals surface area contributed by atoms with Crippen molar-refractivity contribution in [2.75, 3.05) is 25.0 Å². The summed E-state index contributed by atoms with van der Waals surface area (Å²) in [6.07, 6.45) is 3.87. The van der Waals surface area contributed by atoms with Gasteiger partial charge in [0.1, 0.15) is 10.3 Å². The first-order valence-electron chi connectivity index (χ1n) is 12.9. The molecular formula is C28H35Cl2N5O2. The van der Waals surface area contributed by atoms with E-state index in [0.717, 1.165) is 25.7 Å². The van der Waals surface area contributed by atoms with Gasteiger partial charge in [0.05, 0.1) is 18.2 Å². The van der Waals surface area contributed by atoms with E-state index in [1.165, 1.54) is 5.56 Å². The maximum Gasteiger partial charge on any atom is 0.322 e. The number of carbonyl (C=O) groups excluding carboxylic acids is 1. The number of halogens is 2. The number of aliphatic hydroxyl groups is 1. The van der Waals surface area contributed by atoms with Gasteiger partial charge >= 0.3 is 6.03 Å². The van der Waals surface area contributed by atoms with Gasteiger partial charge in [0.2, 0.25) is 0 Å². The molecule has 0 radical (unpaired) electrons. The van der Waals surface area contributed by atoms with E-state index in [2.05, 4.69) is 41.2 Å². The van der Waals surface area contributed by atoms with Gasteiger partial charge in [-0.2, -0.15) is 5.26 Å². The Morgan fingerprint density at radius 3 is 2.59 bits per heavy atom. The third kappa shape index (κ3) is 6.21. The van der Waals surface area contributed by atoms with Crippen LogP contribution in [0, 0.1) is 17.2 Å². The molecule has 7 nitrogen and oxygen atoms in total. The molecule has 4 atom stereocenters. The Hall–Kier alpha value is -2.37. The zero-order valence-corrected chi connectivity index (χ0v) is 23.1. The van der Waals surface area contributed by atoms with Crippen LogP contribution in [0.5, 0.6) is 0 Å². The van der Waals surface area contributed by atoms with Crippen LogP contribution < -0.4 is 5.32 Å². The summed E-state index contributed by atoms with van der Waals surface area (Å²) in [5.74, 6) is 0.484. The minimum Gasteiger partial charge on any atom is -0.395 e. The molecule has 0 saturated heterocycles. The van der Waals surface area contributed by atoms with Crippen LogP contribution in [0.2, 0.25) is 10.3 Å². The SMILES string of the molecule is CC(C)N(CCN(C(=O)Nc1cc(Cl)nc(Cl)c1)[C@@H]1CC[C@@]2(c3cccc(C#N)c3)CC2C1)C(C)CO. The first-order chi connectivity index (χ1) is 17.7. The predicted octanol–water partition coefficient (Wildman–Crippen LogP) is 5.70. The lowest BCUT2D eigenvalue weighted by atomic mass is 9.80. The Morgan fingerprint density at radius 2 is 1.97 bits per heavy atom. The number of urea groups is 1. The van der Waals surface area contributed by atoms with Crippen molar-refractivity contribution in [2.45, 2.75) is 70.0 Å². The number of carbonyl (C=O) groups is 1. The molecule has 2 aromatic rings. The molecule has 2 fully saturated rings. The molecule has 37 heavy (non-hydrogen) atoms. The Balaban J connectivity index is 1.52. The average Bonchev–Trinajstić information content (AvgIpc) is 3.60. The quantitative estimate of drug-likeness (QED) is 0.396. The normalized spacial score (nSPS) is 23.3. The number of amides is 2. The highest BCUT2D eigenvalue weighted by atomic mass is 35.5. The number of benzene rings is 1. The lowest BCUT2D eigenvalue weighted by molar-refractivity contribution is 0.0861. The number of fused-ring (bicyclic) bond motifs is 1. The molecule has 198 valence electrons. The van der Waals surface area contributed by atoms with Gasteiger partial charge in [-0.1, -0.05) is 35.3 Å². The first kappa shape index (κ1) is 27.7. The molecule has 2 saturated carbocycles. The summed E-state index contributed by atoms with van der Waals surface area (Å²) in [4.78, 5) is 21.7. The van der Waals surface area contributed by atoms with Crippen molar-refractivity contribution in [1.29, 1.82) is 5.26 Å². The minimum atomic E-state index is -0.191. The molecule has 9 heteroatoms. The number of aromatic nitrogens is 1. The van der Waals surface area contributed by atoms with Gasteiger partial charge in [-0.15, -0.1) is 0 Å². The van der Waals surface area contributed by atoms with E-state index in [1.54, 1.807) is 12.1 Å². The molecule has 1 aromatic heterocycles. The van der Waals surface area contributed by atoms with Crippen LogP contribution >= 0.6 is 23.2 Å². The molecular weight excluding hydrogens is 509 g/mol. The van der Waals surface area contributed by atoms with Crippen LogP contribution in [0.4, 0.5) is 10.5 Å². The Bertz CT molecular complexity index is 1150. The standard InChI is InChI=1S/C28H35Cl2N5O2/c1-18(2)34(19(3)17-36)9-10-35(27(37)32-23-13-25(29)33-26(30)14-23)24-7-8-28(15-22(28)12-24)21-6-4-5-20(11-21)16-31/h4-6,11,13-14,18-19,22,24,36H,7-10,12,15,17H2,1-3H3,(H,32,33,37)/t19?,22?,24-,28+/m1/s1. The van der Waals surface area contributed by atoms with Crippen molar-refractivity contribution >= 4 is 34.9 Å². The molecule has 1 heterocycles. The van der Waals surface area contributed by atoms with Crippen molar-refractivity contribution in [1.82, 2.24) is 14.8 Å². The third-order valence-electron chi connectivity index (χ3n) is 8.09. The molecule has 0 bridgehead atoms. The number of nitriles is 1. The number of hydrogen-bond acceptors (Lipinski definition) is 5. The number of nitrogens with one attached hydrogen (secondary N) is 1. The predicted molar refractivity (Wildman–Crippen MR) is 147 cm³/mol. The molecule has 4 rings (SSSR count). The Labute approximate surface area is 229 Å². The number of nitrogens with zero attached hydrogens (tertiary/aromatic N) is 4. The van der Waals surface area contributed by atoms with E-state index >= 15 is 0 Å². The van der Waals surface area contributed by atoms with Crippen molar-refractivity contribution < 1.29 is 9.90 Å². The van der Waals surface area contributed by atoms with Crippen LogP contribution in [0.3, 0.4) is 0 Å². The second-order valence-corrected chi connectivity index (χ2v) is 11.4. The molecule has 0 aliphatic heterocycles. The van der Waals surface area contributed by atoms with Crippen molar-refractivity contribution in [3.8, 4) is 6.07 Å². The van der Waals surface area contributed by atoms with Crippen LogP contribution in [0.25, 0.3) is 0 Å². The molecule has 1 aromatic carbocycles. The second-order valence-electron chi connectivity index (χ2n) is 10.7. The van der Waals surface area contributed by atoms with Crippen LogP contribution in [0.15, 0.2) is 36.4 Å². The number of pyridine rings is 1. The molecule has 0 spiro atoms. The topological polar surface area (TPSA) is 92.5 Å². The molecule has 2 amide bonds. The summed E-state index contributed by atoms with van der Waals surface area (Å²) in [6, 6.07) is 13.6. The summed E-state index contributed by atoms with van der Waals surface area (Å²) in [7, 11) is 0. The number of anilines is 1. The van der Waals surface area contributed by atoms with Crippen molar-refractivity contribution in [3.63, 3.8) is 0 Å². The maximum absolute atomic E-state index is 13.6. The van der Waals surface area contributed by atoms with E-state index in [0.29, 0.717) is 30.3 Å². The zero-order chi connectivity index (χ0) is 26.7. The van der Waals surface area contributed by atoms with E-state index in [-0.39, 0.29) is 46.5 Å². The van der Waals surface area contributed by atoms with E-state index in [9.17, 15) is 15.2 Å². The van der Waals surface area contributed by atoms with Crippen LogP contribution in [0.1, 0.15) is 57.6 Å². The monoisotopic (exact) mass is 543 g/mol. The van der Waals surface area contributed by atoms with Crippen LogP contribution in [-0.2, 0) is 5.41 Å². The summed E-state index contributed by atoms with van der Waals surface area (Å²) in [5.41, 5.74) is 2.57. The average molecular weight is 545 g/mol. The molecule has 2 N–H and O–H groups in total. The lowest BCUT2D eigenvalue weighted by Gasteiger charge is -2.39. The van der Waals surface area contributed by atoms with Gasteiger partial charge < -0.3 is 15.3 Å². The first-order valence-corrected chi connectivity index (χ1v) is 13.7. The molecule has 2 aliphatic rings. The highest BCUT2D eigenvalue weighted by molar-refractivity contribution is 6.33. The smallest absolute Gasteiger partial charge is 0.322 e. The highest BCUT2D eigenvalue weighted by Crippen LogP contribution is 2.62. The fourth-order valence-electron chi connectivity index (χ4n) is 6.04. The van der Waals surface area contributed by atoms with Crippen molar-refractivity contribution in [2.24, 2.45) is 5.92 Å². The number of rotatable bonds is 9. The summed E-state index contributed by atoms with van der Waals surface area (Å²) >= 11 is 12.1. The van der Waals surface area contributed by atoms with Gasteiger partial charge in [-0.05, 0) is 87.6 Å². The minimum absolute atomic E-state index is 0.00225. The fourth-order valence-corrected chi connectivity index (χ4v) is 6.50. The Kier molecular flexibility index (Phi) is 8.65. The largest absolute Gasteiger partial charge is 0.395 e. The summed E-state index contributed by atoms with van der Waals surface area (Å²) in [6.45, 7) is 7.46. The summed E-state index contributed by atoms with van der Waals surface area (Å²) < 4.78 is 0. The number of aliphatic hydroxyl groups excluding tert-OH is 1. The summed E-state index contributed by atoms with van der Waals surface area (Å²) in [5, 5.41) is 22.5. The molecule has 2 aliphatic carbocycles. The fraction of sp³-hybridized carbons (Fsp3) is 0.536. The van der Waals surface area contributed by atoms with E-state index in [4.69, 9.17) is 23.2 Å². The second kappa shape index (κ2) is 11.6. The van der Waals surface area contributed by atoms with Gasteiger partial charge in [0, 0.05) is 36.9 Å². The van der Waals surface area contributed by atoms with Gasteiger partial charge in [0.15, 0.2) is 0 Å². The van der Waals surface area contributed by atoms with Crippen molar-refractivity contribution in [3.05, 3.63) is 57.8 Å². The van der Waals surface area contributed by atoms with E-state index < -0.39 is 0 Å². The maximum atomic E-state index is 13.6. The van der Waals surface area contributed by atoms with Gasteiger partial charge in [-0.25, -0.2) is 9.78 Å². The third-order valence-corrected chi connectivity index (χ3v) is 8.47. The van der Waals surface area contributed by atoms with Gasteiger partial charge in [-0.3, -0.25) is 4.90 Å². The van der Waals surface area contributed by atoms with E-state index in [1.807, 2.05) is 30.0 Å². The lowest BCUT2D eigenvalue weighted by Crippen LogP contribution is -2.51. The number of hydrogen-bond donors (Lipinski definition) is 2.